The minimum atomic E-state index is -0.126. The predicted octanol–water partition coefficient (Wildman–Crippen LogP) is 2.97. The minimum absolute atomic E-state index is 0.104. The second-order valence-electron chi connectivity index (χ2n) is 7.66. The molecule has 4 heteroatoms. The van der Waals surface area contributed by atoms with E-state index < -0.39 is 0 Å². The summed E-state index contributed by atoms with van der Waals surface area (Å²) in [6, 6.07) is 6.26. The van der Waals surface area contributed by atoms with Crippen LogP contribution < -0.4 is 10.2 Å². The Morgan fingerprint density at radius 1 is 1.38 bits per heavy atom. The first-order valence-corrected chi connectivity index (χ1v) is 7.78. The zero-order chi connectivity index (χ0) is 15.7. The van der Waals surface area contributed by atoms with Crippen LogP contribution in [0.4, 0.5) is 5.82 Å². The fourth-order valence-electron chi connectivity index (χ4n) is 2.73. The lowest BCUT2D eigenvalue weighted by Gasteiger charge is -2.42. The summed E-state index contributed by atoms with van der Waals surface area (Å²) in [6.07, 6.45) is 0.229. The van der Waals surface area contributed by atoms with Gasteiger partial charge in [0, 0.05) is 25.2 Å². The number of ether oxygens (including phenoxy) is 1. The number of nitrogens with zero attached hydrogens (tertiary/aromatic N) is 2. The third kappa shape index (κ3) is 4.97. The van der Waals surface area contributed by atoms with Crippen LogP contribution in [-0.4, -0.2) is 35.3 Å². The molecule has 1 aliphatic heterocycles. The van der Waals surface area contributed by atoms with Crippen molar-refractivity contribution in [1.29, 1.82) is 0 Å². The van der Waals surface area contributed by atoms with E-state index in [1.165, 1.54) is 0 Å². The first-order valence-electron chi connectivity index (χ1n) is 7.78. The van der Waals surface area contributed by atoms with E-state index >= 15 is 0 Å². The zero-order valence-electron chi connectivity index (χ0n) is 14.2. The zero-order valence-corrected chi connectivity index (χ0v) is 14.2. The van der Waals surface area contributed by atoms with Crippen LogP contribution in [0.3, 0.4) is 0 Å². The largest absolute Gasteiger partial charge is 0.369 e. The molecule has 1 fully saturated rings. The van der Waals surface area contributed by atoms with Crippen LogP contribution in [-0.2, 0) is 11.3 Å². The van der Waals surface area contributed by atoms with Crippen molar-refractivity contribution in [2.24, 2.45) is 0 Å². The van der Waals surface area contributed by atoms with E-state index in [-0.39, 0.29) is 17.2 Å². The van der Waals surface area contributed by atoms with Gasteiger partial charge in [0.15, 0.2) is 0 Å². The van der Waals surface area contributed by atoms with Gasteiger partial charge in [-0.2, -0.15) is 0 Å². The Kier molecular flexibility index (Phi) is 4.59. The van der Waals surface area contributed by atoms with Gasteiger partial charge in [0.05, 0.1) is 17.4 Å². The average Bonchev–Trinajstić information content (AvgIpc) is 2.33. The molecule has 4 nitrogen and oxygen atoms in total. The number of hydrogen-bond acceptors (Lipinski definition) is 4. The summed E-state index contributed by atoms with van der Waals surface area (Å²) in [4.78, 5) is 7.14. The summed E-state index contributed by atoms with van der Waals surface area (Å²) >= 11 is 0. The molecule has 118 valence electrons. The van der Waals surface area contributed by atoms with Gasteiger partial charge in [-0.3, -0.25) is 0 Å². The second-order valence-corrected chi connectivity index (χ2v) is 7.66. The molecule has 0 aliphatic carbocycles. The van der Waals surface area contributed by atoms with Crippen LogP contribution in [0.2, 0.25) is 0 Å². The molecule has 1 N–H and O–H groups in total. The third-order valence-corrected chi connectivity index (χ3v) is 3.49. The molecule has 1 aliphatic rings. The van der Waals surface area contributed by atoms with Crippen molar-refractivity contribution in [1.82, 2.24) is 10.3 Å². The quantitative estimate of drug-likeness (QED) is 0.929. The van der Waals surface area contributed by atoms with Gasteiger partial charge in [-0.15, -0.1) is 0 Å². The van der Waals surface area contributed by atoms with Crippen LogP contribution >= 0.6 is 0 Å². The SMILES string of the molecule is CC1CN(c2cccc(CNC(C)(C)C)n2)CC(C)(C)O1. The Hall–Kier alpha value is -1.13. The first kappa shape index (κ1) is 16.2. The number of morpholine rings is 1. The number of pyridine rings is 1. The summed E-state index contributed by atoms with van der Waals surface area (Å²) in [6.45, 7) is 15.5. The highest BCUT2D eigenvalue weighted by molar-refractivity contribution is 5.40. The third-order valence-electron chi connectivity index (χ3n) is 3.49. The summed E-state index contributed by atoms with van der Waals surface area (Å²) in [5, 5.41) is 3.49. The Bertz CT molecular complexity index is 479. The Morgan fingerprint density at radius 2 is 2.10 bits per heavy atom. The van der Waals surface area contributed by atoms with Gasteiger partial charge >= 0.3 is 0 Å². The van der Waals surface area contributed by atoms with Crippen LogP contribution in [0.5, 0.6) is 0 Å². The van der Waals surface area contributed by atoms with Crippen molar-refractivity contribution in [3.05, 3.63) is 23.9 Å². The van der Waals surface area contributed by atoms with Crippen LogP contribution in [0.15, 0.2) is 18.2 Å². The van der Waals surface area contributed by atoms with Gasteiger partial charge in [-0.25, -0.2) is 4.98 Å². The van der Waals surface area contributed by atoms with Gasteiger partial charge in [-0.05, 0) is 53.7 Å². The molecule has 0 amide bonds. The van der Waals surface area contributed by atoms with E-state index in [0.29, 0.717) is 0 Å². The Labute approximate surface area is 128 Å². The monoisotopic (exact) mass is 291 g/mol. The molecule has 0 bridgehead atoms. The van der Waals surface area contributed by atoms with E-state index in [2.05, 4.69) is 70.0 Å². The molecule has 1 atom stereocenters. The van der Waals surface area contributed by atoms with Crippen molar-refractivity contribution in [3.8, 4) is 0 Å². The molecular weight excluding hydrogens is 262 g/mol. The molecule has 0 spiro atoms. The van der Waals surface area contributed by atoms with Crippen LogP contribution in [0.25, 0.3) is 0 Å². The van der Waals surface area contributed by atoms with E-state index in [4.69, 9.17) is 9.72 Å². The number of anilines is 1. The molecule has 1 aromatic heterocycles. The highest BCUT2D eigenvalue weighted by Crippen LogP contribution is 2.24. The molecule has 0 aromatic carbocycles. The maximum Gasteiger partial charge on any atom is 0.129 e. The number of hydrogen-bond donors (Lipinski definition) is 1. The molecule has 1 aromatic rings. The fourth-order valence-corrected chi connectivity index (χ4v) is 2.73. The van der Waals surface area contributed by atoms with Gasteiger partial charge < -0.3 is 15.0 Å². The predicted molar refractivity (Wildman–Crippen MR) is 87.7 cm³/mol. The smallest absolute Gasteiger partial charge is 0.129 e. The average molecular weight is 291 g/mol. The molecule has 0 radical (unpaired) electrons. The van der Waals surface area contributed by atoms with E-state index in [1.807, 2.05) is 0 Å². The molecule has 1 saturated heterocycles. The topological polar surface area (TPSA) is 37.4 Å². The van der Waals surface area contributed by atoms with Crippen molar-refractivity contribution in [3.63, 3.8) is 0 Å². The van der Waals surface area contributed by atoms with Gasteiger partial charge in [0.2, 0.25) is 0 Å². The molecular formula is C17H29N3O. The molecule has 2 heterocycles. The molecule has 2 rings (SSSR count). The van der Waals surface area contributed by atoms with Crippen molar-refractivity contribution >= 4 is 5.82 Å². The first-order chi connectivity index (χ1) is 9.65. The van der Waals surface area contributed by atoms with Crippen LogP contribution in [0, 0.1) is 0 Å². The summed E-state index contributed by atoms with van der Waals surface area (Å²) in [7, 11) is 0. The number of rotatable bonds is 3. The maximum absolute atomic E-state index is 5.97. The Morgan fingerprint density at radius 3 is 2.71 bits per heavy atom. The molecule has 21 heavy (non-hydrogen) atoms. The normalized spacial score (nSPS) is 22.4. The highest BCUT2D eigenvalue weighted by atomic mass is 16.5. The lowest BCUT2D eigenvalue weighted by molar-refractivity contribution is -0.0751. The molecule has 0 saturated carbocycles. The van der Waals surface area contributed by atoms with E-state index in [9.17, 15) is 0 Å². The summed E-state index contributed by atoms with van der Waals surface area (Å²) < 4.78 is 5.97. The van der Waals surface area contributed by atoms with Gasteiger partial charge in [0.25, 0.3) is 0 Å². The van der Waals surface area contributed by atoms with E-state index in [0.717, 1.165) is 31.1 Å². The van der Waals surface area contributed by atoms with Crippen molar-refractivity contribution in [2.45, 2.75) is 65.3 Å². The summed E-state index contributed by atoms with van der Waals surface area (Å²) in [5.74, 6) is 1.05. The maximum atomic E-state index is 5.97. The fraction of sp³-hybridized carbons (Fsp3) is 0.706. The lowest BCUT2D eigenvalue weighted by Crippen LogP contribution is -2.52. The number of nitrogens with one attached hydrogen (secondary N) is 1. The van der Waals surface area contributed by atoms with Gasteiger partial charge in [-0.1, -0.05) is 6.07 Å². The summed E-state index contributed by atoms with van der Waals surface area (Å²) in [5.41, 5.74) is 1.06. The Balaban J connectivity index is 2.10. The minimum Gasteiger partial charge on any atom is -0.369 e. The highest BCUT2D eigenvalue weighted by Gasteiger charge is 2.31. The van der Waals surface area contributed by atoms with E-state index in [1.54, 1.807) is 0 Å². The van der Waals surface area contributed by atoms with Crippen LogP contribution in [0.1, 0.15) is 47.2 Å². The number of aromatic nitrogens is 1. The second kappa shape index (κ2) is 5.93. The van der Waals surface area contributed by atoms with Crippen molar-refractivity contribution in [2.75, 3.05) is 18.0 Å². The standard InChI is InChI=1S/C17H29N3O/c1-13-11-20(12-17(5,6)21-13)15-9-7-8-14(19-15)10-18-16(2,3)4/h7-9,13,18H,10-12H2,1-6H3. The lowest BCUT2D eigenvalue weighted by atomic mass is 10.1. The van der Waals surface area contributed by atoms with Gasteiger partial charge in [0.1, 0.15) is 5.82 Å². The molecule has 1 unspecified atom stereocenters. The van der Waals surface area contributed by atoms with Crippen molar-refractivity contribution < 1.29 is 4.74 Å².